The third-order valence-electron chi connectivity index (χ3n) is 4.32. The van der Waals surface area contributed by atoms with Gasteiger partial charge in [-0.3, -0.25) is 9.59 Å². The van der Waals surface area contributed by atoms with Crippen molar-refractivity contribution in [1.82, 2.24) is 9.80 Å². The molecule has 0 aliphatic carbocycles. The molecule has 0 atom stereocenters. The molecule has 1 aromatic carbocycles. The van der Waals surface area contributed by atoms with E-state index in [0.717, 1.165) is 17.1 Å². The second-order valence-electron chi connectivity index (χ2n) is 7.41. The largest absolute Gasteiger partial charge is 0.464 e. The predicted molar refractivity (Wildman–Crippen MR) is 110 cm³/mol. The van der Waals surface area contributed by atoms with E-state index in [2.05, 4.69) is 6.58 Å². The summed E-state index contributed by atoms with van der Waals surface area (Å²) in [6, 6.07) is 13.6. The lowest BCUT2D eigenvalue weighted by molar-refractivity contribution is -0.141. The number of carbonyl (C=O) groups is 2. The maximum absolute atomic E-state index is 13.1. The molecular weight excluding hydrogens is 352 g/mol. The quantitative estimate of drug-likeness (QED) is 0.579. The maximum atomic E-state index is 13.1. The first-order chi connectivity index (χ1) is 13.4. The Morgan fingerprint density at radius 2 is 1.75 bits per heavy atom. The summed E-state index contributed by atoms with van der Waals surface area (Å²) in [4.78, 5) is 28.9. The topological polar surface area (TPSA) is 53.8 Å². The van der Waals surface area contributed by atoms with Gasteiger partial charge in [0.2, 0.25) is 11.8 Å². The van der Waals surface area contributed by atoms with Crippen molar-refractivity contribution in [3.63, 3.8) is 0 Å². The molecular formula is C23H30N2O3. The zero-order valence-electron chi connectivity index (χ0n) is 17.1. The molecule has 0 saturated heterocycles. The molecule has 0 N–H and O–H groups in total. The number of aryl methyl sites for hydroxylation is 1. The van der Waals surface area contributed by atoms with Crippen molar-refractivity contribution in [2.45, 2.75) is 40.3 Å². The fraction of sp³-hybridized carbons (Fsp3) is 0.391. The lowest BCUT2D eigenvalue weighted by atomic mass is 10.1. The number of amides is 2. The fourth-order valence-electron chi connectivity index (χ4n) is 2.95. The Kier molecular flexibility index (Phi) is 8.05. The van der Waals surface area contributed by atoms with Gasteiger partial charge in [0.05, 0.1) is 6.54 Å². The fourth-order valence-corrected chi connectivity index (χ4v) is 2.95. The van der Waals surface area contributed by atoms with Crippen LogP contribution < -0.4 is 0 Å². The van der Waals surface area contributed by atoms with Crippen molar-refractivity contribution in [2.75, 3.05) is 13.1 Å². The lowest BCUT2D eigenvalue weighted by Crippen LogP contribution is -2.42. The molecule has 2 aromatic rings. The highest BCUT2D eigenvalue weighted by Crippen LogP contribution is 2.14. The molecule has 2 amide bonds. The minimum atomic E-state index is -0.114. The van der Waals surface area contributed by atoms with E-state index in [1.54, 1.807) is 15.9 Å². The van der Waals surface area contributed by atoms with Gasteiger partial charge < -0.3 is 14.2 Å². The number of hydrogen-bond acceptors (Lipinski definition) is 3. The van der Waals surface area contributed by atoms with Crippen molar-refractivity contribution >= 4 is 11.8 Å². The number of rotatable bonds is 10. The van der Waals surface area contributed by atoms with Crippen LogP contribution in [0.15, 0.2) is 59.5 Å². The minimum Gasteiger partial charge on any atom is -0.464 e. The van der Waals surface area contributed by atoms with Crippen LogP contribution in [0.3, 0.4) is 0 Å². The standard InChI is InChI=1S/C23H30N2O3/c1-5-13-24(22(26)14-18(2)3)17-23(27)25(15-20-9-7-6-8-10-20)16-21-12-11-19(4)28-21/h5-12,18H,1,13-17H2,2-4H3. The maximum Gasteiger partial charge on any atom is 0.242 e. The summed E-state index contributed by atoms with van der Waals surface area (Å²) >= 11 is 0. The molecule has 0 unspecified atom stereocenters. The molecule has 0 radical (unpaired) electrons. The van der Waals surface area contributed by atoms with Gasteiger partial charge in [0.1, 0.15) is 18.1 Å². The molecule has 0 aliphatic rings. The van der Waals surface area contributed by atoms with Gasteiger partial charge in [-0.15, -0.1) is 6.58 Å². The Hall–Kier alpha value is -2.82. The van der Waals surface area contributed by atoms with Crippen molar-refractivity contribution < 1.29 is 14.0 Å². The highest BCUT2D eigenvalue weighted by Gasteiger charge is 2.22. The van der Waals surface area contributed by atoms with Gasteiger partial charge in [0.25, 0.3) is 0 Å². The molecule has 5 nitrogen and oxygen atoms in total. The van der Waals surface area contributed by atoms with Gasteiger partial charge >= 0.3 is 0 Å². The van der Waals surface area contributed by atoms with Crippen LogP contribution in [0.2, 0.25) is 0 Å². The molecule has 0 aliphatic heterocycles. The molecule has 28 heavy (non-hydrogen) atoms. The number of furan rings is 1. The van der Waals surface area contributed by atoms with Gasteiger partial charge in [-0.05, 0) is 30.5 Å². The number of benzene rings is 1. The molecule has 0 fully saturated rings. The van der Waals surface area contributed by atoms with Gasteiger partial charge in [0, 0.05) is 19.5 Å². The molecule has 0 bridgehead atoms. The normalized spacial score (nSPS) is 10.7. The Morgan fingerprint density at radius 3 is 2.32 bits per heavy atom. The van der Waals surface area contributed by atoms with E-state index < -0.39 is 0 Å². The van der Waals surface area contributed by atoms with E-state index in [1.165, 1.54) is 0 Å². The first-order valence-corrected chi connectivity index (χ1v) is 9.64. The van der Waals surface area contributed by atoms with Crippen molar-refractivity contribution in [3.8, 4) is 0 Å². The lowest BCUT2D eigenvalue weighted by Gasteiger charge is -2.27. The third-order valence-corrected chi connectivity index (χ3v) is 4.32. The monoisotopic (exact) mass is 382 g/mol. The highest BCUT2D eigenvalue weighted by atomic mass is 16.3. The molecule has 0 spiro atoms. The zero-order chi connectivity index (χ0) is 20.5. The SMILES string of the molecule is C=CCN(CC(=O)N(Cc1ccccc1)Cc1ccc(C)o1)C(=O)CC(C)C. The van der Waals surface area contributed by atoms with Gasteiger partial charge in [0.15, 0.2) is 0 Å². The van der Waals surface area contributed by atoms with Crippen LogP contribution in [-0.4, -0.2) is 34.7 Å². The Morgan fingerprint density at radius 1 is 1.04 bits per heavy atom. The summed E-state index contributed by atoms with van der Waals surface area (Å²) in [5.74, 6) is 1.63. The van der Waals surface area contributed by atoms with Crippen LogP contribution in [0.25, 0.3) is 0 Å². The number of hydrogen-bond donors (Lipinski definition) is 0. The molecule has 150 valence electrons. The average molecular weight is 383 g/mol. The average Bonchev–Trinajstić information content (AvgIpc) is 3.06. The van der Waals surface area contributed by atoms with Crippen LogP contribution in [0.1, 0.15) is 37.4 Å². The minimum absolute atomic E-state index is 0.0308. The summed E-state index contributed by atoms with van der Waals surface area (Å²) in [5.41, 5.74) is 1.03. The Labute approximate surface area is 167 Å². The Balaban J connectivity index is 2.15. The van der Waals surface area contributed by atoms with E-state index in [4.69, 9.17) is 4.42 Å². The summed E-state index contributed by atoms with van der Waals surface area (Å²) in [7, 11) is 0. The van der Waals surface area contributed by atoms with E-state index in [9.17, 15) is 9.59 Å². The zero-order valence-corrected chi connectivity index (χ0v) is 17.1. The molecule has 0 saturated carbocycles. The molecule has 1 aromatic heterocycles. The molecule has 2 rings (SSSR count). The van der Waals surface area contributed by atoms with E-state index in [-0.39, 0.29) is 24.3 Å². The van der Waals surface area contributed by atoms with Crippen LogP contribution in [0.4, 0.5) is 0 Å². The number of carbonyl (C=O) groups excluding carboxylic acids is 2. The highest BCUT2D eigenvalue weighted by molar-refractivity contribution is 5.85. The van der Waals surface area contributed by atoms with Crippen LogP contribution in [0.5, 0.6) is 0 Å². The Bertz CT molecular complexity index is 780. The predicted octanol–water partition coefficient (Wildman–Crippen LogP) is 4.18. The smallest absolute Gasteiger partial charge is 0.242 e. The van der Waals surface area contributed by atoms with E-state index in [1.807, 2.05) is 63.2 Å². The summed E-state index contributed by atoms with van der Waals surface area (Å²) in [6.07, 6.45) is 2.07. The molecule has 5 heteroatoms. The molecule has 1 heterocycles. The van der Waals surface area contributed by atoms with Gasteiger partial charge in [-0.2, -0.15) is 0 Å². The number of nitrogens with zero attached hydrogens (tertiary/aromatic N) is 2. The van der Waals surface area contributed by atoms with Crippen molar-refractivity contribution in [2.24, 2.45) is 5.92 Å². The van der Waals surface area contributed by atoms with Gasteiger partial charge in [-0.1, -0.05) is 50.3 Å². The second-order valence-corrected chi connectivity index (χ2v) is 7.41. The van der Waals surface area contributed by atoms with Crippen molar-refractivity contribution in [3.05, 3.63) is 72.2 Å². The van der Waals surface area contributed by atoms with Crippen LogP contribution in [0, 0.1) is 12.8 Å². The van der Waals surface area contributed by atoms with E-state index in [0.29, 0.717) is 26.1 Å². The summed E-state index contributed by atoms with van der Waals surface area (Å²) < 4.78 is 5.66. The van der Waals surface area contributed by atoms with E-state index >= 15 is 0 Å². The first-order valence-electron chi connectivity index (χ1n) is 9.64. The van der Waals surface area contributed by atoms with Crippen molar-refractivity contribution in [1.29, 1.82) is 0 Å². The second kappa shape index (κ2) is 10.5. The third kappa shape index (κ3) is 6.72. The summed E-state index contributed by atoms with van der Waals surface area (Å²) in [5, 5.41) is 0. The summed E-state index contributed by atoms with van der Waals surface area (Å²) in [6.45, 7) is 10.8. The van der Waals surface area contributed by atoms with Gasteiger partial charge in [-0.25, -0.2) is 0 Å². The van der Waals surface area contributed by atoms with Crippen LogP contribution in [-0.2, 0) is 22.7 Å². The first kappa shape index (κ1) is 21.5. The van der Waals surface area contributed by atoms with Crippen LogP contribution >= 0.6 is 0 Å².